The number of nitrogens with zero attached hydrogens (tertiary/aromatic N) is 1. The molecule has 100 valence electrons. The molecule has 0 aliphatic rings. The summed E-state index contributed by atoms with van der Waals surface area (Å²) in [6.45, 7) is 4.58. The zero-order valence-electron chi connectivity index (χ0n) is 11.1. The van der Waals surface area contributed by atoms with E-state index < -0.39 is 0 Å². The molecule has 19 heavy (non-hydrogen) atoms. The topological polar surface area (TPSA) is 54.4 Å². The lowest BCUT2D eigenvalue weighted by atomic mass is 10.2. The number of aromatic hydroxyl groups is 1. The van der Waals surface area contributed by atoms with Gasteiger partial charge in [0.2, 0.25) is 0 Å². The molecular formula is C15H18N2O2. The van der Waals surface area contributed by atoms with Crippen molar-refractivity contribution < 1.29 is 9.84 Å². The largest absolute Gasteiger partial charge is 0.506 e. The highest BCUT2D eigenvalue weighted by atomic mass is 16.5. The summed E-state index contributed by atoms with van der Waals surface area (Å²) < 4.78 is 5.73. The number of nitrogens with one attached hydrogen (secondary N) is 1. The van der Waals surface area contributed by atoms with Crippen LogP contribution in [-0.2, 0) is 6.54 Å². The fourth-order valence-electron chi connectivity index (χ4n) is 1.68. The second-order valence-corrected chi connectivity index (χ2v) is 4.52. The molecule has 0 bridgehead atoms. The maximum absolute atomic E-state index is 9.18. The van der Waals surface area contributed by atoms with Crippen LogP contribution in [0.4, 0.5) is 5.69 Å². The van der Waals surface area contributed by atoms with Gasteiger partial charge in [-0.3, -0.25) is 4.98 Å². The minimum Gasteiger partial charge on any atom is -0.506 e. The molecule has 0 fully saturated rings. The number of benzene rings is 1. The molecule has 2 aromatic rings. The first-order valence-electron chi connectivity index (χ1n) is 6.28. The van der Waals surface area contributed by atoms with Crippen LogP contribution in [0, 0.1) is 0 Å². The van der Waals surface area contributed by atoms with Crippen molar-refractivity contribution in [2.45, 2.75) is 26.5 Å². The van der Waals surface area contributed by atoms with E-state index in [1.54, 1.807) is 12.1 Å². The Balaban J connectivity index is 2.04. The van der Waals surface area contributed by atoms with Crippen LogP contribution in [-0.4, -0.2) is 16.2 Å². The zero-order valence-corrected chi connectivity index (χ0v) is 11.1. The first-order chi connectivity index (χ1) is 9.15. The molecule has 0 aliphatic carbocycles. The summed E-state index contributed by atoms with van der Waals surface area (Å²) in [5.74, 6) is 1.00. The Kier molecular flexibility index (Phi) is 4.23. The van der Waals surface area contributed by atoms with Crippen LogP contribution in [0.3, 0.4) is 0 Å². The Morgan fingerprint density at radius 1 is 1.21 bits per heavy atom. The third kappa shape index (κ3) is 3.88. The molecule has 0 unspecified atom stereocenters. The molecule has 1 aromatic carbocycles. The van der Waals surface area contributed by atoms with E-state index >= 15 is 0 Å². The van der Waals surface area contributed by atoms with Gasteiger partial charge in [-0.2, -0.15) is 0 Å². The average molecular weight is 258 g/mol. The molecule has 0 aliphatic heterocycles. The predicted molar refractivity (Wildman–Crippen MR) is 75.4 cm³/mol. The van der Waals surface area contributed by atoms with E-state index in [2.05, 4.69) is 10.3 Å². The van der Waals surface area contributed by atoms with Gasteiger partial charge in [0.1, 0.15) is 11.5 Å². The summed E-state index contributed by atoms with van der Waals surface area (Å²) in [7, 11) is 0. The Bertz CT molecular complexity index is 524. The molecule has 4 heteroatoms. The number of rotatable bonds is 5. The van der Waals surface area contributed by atoms with Crippen LogP contribution >= 0.6 is 0 Å². The molecule has 2 N–H and O–H groups in total. The Labute approximate surface area is 113 Å². The van der Waals surface area contributed by atoms with Gasteiger partial charge < -0.3 is 15.2 Å². The summed E-state index contributed by atoms with van der Waals surface area (Å²) in [5.41, 5.74) is 1.79. The standard InChI is InChI=1S/C15H18N2O2/c1-11(2)19-15-6-4-3-5-14(15)17-9-12-7-8-13(18)10-16-12/h3-8,10-11,17-18H,9H2,1-2H3. The van der Waals surface area contributed by atoms with E-state index in [1.807, 2.05) is 38.1 Å². The highest BCUT2D eigenvalue weighted by molar-refractivity contribution is 5.56. The predicted octanol–water partition coefficient (Wildman–Crippen LogP) is 3.19. The summed E-state index contributed by atoms with van der Waals surface area (Å²) in [5, 5.41) is 12.5. The first kappa shape index (κ1) is 13.2. The van der Waals surface area contributed by atoms with E-state index in [0.29, 0.717) is 6.54 Å². The highest BCUT2D eigenvalue weighted by Gasteiger charge is 2.04. The van der Waals surface area contributed by atoms with Crippen molar-refractivity contribution in [3.05, 3.63) is 48.3 Å². The SMILES string of the molecule is CC(C)Oc1ccccc1NCc1ccc(O)cn1. The van der Waals surface area contributed by atoms with Gasteiger partial charge in [0.15, 0.2) is 0 Å². The Morgan fingerprint density at radius 3 is 2.68 bits per heavy atom. The van der Waals surface area contributed by atoms with Crippen LogP contribution in [0.2, 0.25) is 0 Å². The van der Waals surface area contributed by atoms with Gasteiger partial charge in [0.05, 0.1) is 30.2 Å². The summed E-state index contributed by atoms with van der Waals surface area (Å²) in [6, 6.07) is 11.2. The van der Waals surface area contributed by atoms with E-state index in [4.69, 9.17) is 4.74 Å². The number of pyridine rings is 1. The molecule has 2 rings (SSSR count). The van der Waals surface area contributed by atoms with E-state index in [1.165, 1.54) is 6.20 Å². The molecule has 4 nitrogen and oxygen atoms in total. The minimum atomic E-state index is 0.134. The van der Waals surface area contributed by atoms with Crippen molar-refractivity contribution in [3.8, 4) is 11.5 Å². The molecule has 0 spiro atoms. The van der Waals surface area contributed by atoms with Gasteiger partial charge in [-0.1, -0.05) is 12.1 Å². The number of hydrogen-bond acceptors (Lipinski definition) is 4. The van der Waals surface area contributed by atoms with Gasteiger partial charge in [-0.15, -0.1) is 0 Å². The molecule has 0 saturated carbocycles. The van der Waals surface area contributed by atoms with Gasteiger partial charge in [-0.05, 0) is 38.1 Å². The Hall–Kier alpha value is -2.23. The quantitative estimate of drug-likeness (QED) is 0.864. The lowest BCUT2D eigenvalue weighted by Gasteiger charge is -2.15. The lowest BCUT2D eigenvalue weighted by molar-refractivity contribution is 0.243. The monoisotopic (exact) mass is 258 g/mol. The van der Waals surface area contributed by atoms with Crippen molar-refractivity contribution >= 4 is 5.69 Å². The number of para-hydroxylation sites is 2. The molecule has 1 aromatic heterocycles. The number of anilines is 1. The lowest BCUT2D eigenvalue weighted by Crippen LogP contribution is -2.09. The zero-order chi connectivity index (χ0) is 13.7. The molecule has 0 saturated heterocycles. The summed E-state index contributed by atoms with van der Waals surface area (Å²) >= 11 is 0. The van der Waals surface area contributed by atoms with Crippen molar-refractivity contribution in [3.63, 3.8) is 0 Å². The van der Waals surface area contributed by atoms with Gasteiger partial charge in [-0.25, -0.2) is 0 Å². The molecule has 1 heterocycles. The van der Waals surface area contributed by atoms with Crippen LogP contribution in [0.15, 0.2) is 42.6 Å². The van der Waals surface area contributed by atoms with Crippen molar-refractivity contribution in [1.29, 1.82) is 0 Å². The summed E-state index contributed by atoms with van der Waals surface area (Å²) in [4.78, 5) is 4.13. The van der Waals surface area contributed by atoms with Gasteiger partial charge in [0, 0.05) is 0 Å². The van der Waals surface area contributed by atoms with Crippen molar-refractivity contribution in [2.75, 3.05) is 5.32 Å². The van der Waals surface area contributed by atoms with E-state index in [0.717, 1.165) is 17.1 Å². The average Bonchev–Trinajstić information content (AvgIpc) is 2.39. The fourth-order valence-corrected chi connectivity index (χ4v) is 1.68. The van der Waals surface area contributed by atoms with Crippen LogP contribution in [0.5, 0.6) is 11.5 Å². The number of ether oxygens (including phenoxy) is 1. The van der Waals surface area contributed by atoms with Crippen LogP contribution < -0.4 is 10.1 Å². The number of aromatic nitrogens is 1. The summed E-state index contributed by atoms with van der Waals surface area (Å²) in [6.07, 6.45) is 1.57. The smallest absolute Gasteiger partial charge is 0.142 e. The highest BCUT2D eigenvalue weighted by Crippen LogP contribution is 2.25. The van der Waals surface area contributed by atoms with Gasteiger partial charge >= 0.3 is 0 Å². The number of hydrogen-bond donors (Lipinski definition) is 2. The van der Waals surface area contributed by atoms with Crippen molar-refractivity contribution in [1.82, 2.24) is 4.98 Å². The Morgan fingerprint density at radius 2 is 2.00 bits per heavy atom. The molecule has 0 atom stereocenters. The first-order valence-corrected chi connectivity index (χ1v) is 6.28. The van der Waals surface area contributed by atoms with Crippen LogP contribution in [0.1, 0.15) is 19.5 Å². The van der Waals surface area contributed by atoms with Gasteiger partial charge in [0.25, 0.3) is 0 Å². The molecule has 0 amide bonds. The third-order valence-corrected chi connectivity index (χ3v) is 2.52. The van der Waals surface area contributed by atoms with Crippen LogP contribution in [0.25, 0.3) is 0 Å². The second-order valence-electron chi connectivity index (χ2n) is 4.52. The van der Waals surface area contributed by atoms with E-state index in [-0.39, 0.29) is 11.9 Å². The molecule has 0 radical (unpaired) electrons. The normalized spacial score (nSPS) is 10.5. The van der Waals surface area contributed by atoms with Crippen molar-refractivity contribution in [2.24, 2.45) is 0 Å². The molecular weight excluding hydrogens is 240 g/mol. The minimum absolute atomic E-state index is 0.134. The second kappa shape index (κ2) is 6.09. The maximum atomic E-state index is 9.18. The maximum Gasteiger partial charge on any atom is 0.142 e. The fraction of sp³-hybridized carbons (Fsp3) is 0.267. The van der Waals surface area contributed by atoms with E-state index in [9.17, 15) is 5.11 Å². The third-order valence-electron chi connectivity index (χ3n) is 2.52.